The van der Waals surface area contributed by atoms with Crippen LogP contribution in [-0.4, -0.2) is 44.9 Å². The first-order valence-electron chi connectivity index (χ1n) is 12.4. The van der Waals surface area contributed by atoms with Gasteiger partial charge in [0.15, 0.2) is 5.75 Å². The molecule has 1 atom stereocenters. The van der Waals surface area contributed by atoms with E-state index in [1.54, 1.807) is 66.7 Å². The SMILES string of the molecule is COc1ccccc1C(=O)NCCNc1cccc(N[S+]([O-])c2cc(-c3c(F)cccc3OC)ccc2OC)c1. The van der Waals surface area contributed by atoms with Crippen LogP contribution in [0.1, 0.15) is 10.4 Å². The van der Waals surface area contributed by atoms with Crippen molar-refractivity contribution in [3.63, 3.8) is 0 Å². The van der Waals surface area contributed by atoms with E-state index in [4.69, 9.17) is 14.2 Å². The van der Waals surface area contributed by atoms with E-state index in [9.17, 15) is 13.7 Å². The fraction of sp³-hybridized carbons (Fsp3) is 0.167. The van der Waals surface area contributed by atoms with E-state index in [0.29, 0.717) is 52.0 Å². The van der Waals surface area contributed by atoms with Gasteiger partial charge in [0.05, 0.1) is 38.1 Å². The normalized spacial score (nSPS) is 11.3. The van der Waals surface area contributed by atoms with Crippen LogP contribution in [0.15, 0.2) is 89.8 Å². The molecule has 0 heterocycles. The van der Waals surface area contributed by atoms with Gasteiger partial charge in [0, 0.05) is 24.8 Å². The Balaban J connectivity index is 1.41. The molecule has 40 heavy (non-hydrogen) atoms. The minimum absolute atomic E-state index is 0.228. The Morgan fingerprint density at radius 3 is 2.27 bits per heavy atom. The molecule has 4 aromatic carbocycles. The van der Waals surface area contributed by atoms with E-state index >= 15 is 0 Å². The van der Waals surface area contributed by atoms with E-state index in [-0.39, 0.29) is 11.5 Å². The van der Waals surface area contributed by atoms with Gasteiger partial charge in [-0.15, -0.1) is 0 Å². The second-order valence-electron chi connectivity index (χ2n) is 8.52. The van der Waals surface area contributed by atoms with E-state index < -0.39 is 17.2 Å². The number of ether oxygens (including phenoxy) is 3. The van der Waals surface area contributed by atoms with Crippen LogP contribution < -0.4 is 29.6 Å². The number of anilines is 2. The molecule has 0 radical (unpaired) electrons. The number of carbonyl (C=O) groups excluding carboxylic acids is 1. The highest BCUT2D eigenvalue weighted by atomic mass is 32.2. The number of methoxy groups -OCH3 is 3. The fourth-order valence-electron chi connectivity index (χ4n) is 4.10. The number of carbonyl (C=O) groups is 1. The van der Waals surface area contributed by atoms with E-state index in [2.05, 4.69) is 15.4 Å². The van der Waals surface area contributed by atoms with Crippen LogP contribution in [0.25, 0.3) is 11.1 Å². The first-order chi connectivity index (χ1) is 19.4. The van der Waals surface area contributed by atoms with Gasteiger partial charge in [-0.05, 0) is 54.1 Å². The number of hydrogen-bond donors (Lipinski definition) is 3. The maximum absolute atomic E-state index is 14.7. The van der Waals surface area contributed by atoms with Gasteiger partial charge in [-0.2, -0.15) is 0 Å². The maximum atomic E-state index is 14.7. The molecule has 1 amide bonds. The summed E-state index contributed by atoms with van der Waals surface area (Å²) in [6, 6.07) is 23.8. The average Bonchev–Trinajstić information content (AvgIpc) is 2.98. The third-order valence-electron chi connectivity index (χ3n) is 6.01. The second-order valence-corrected chi connectivity index (χ2v) is 9.70. The molecule has 8 nitrogen and oxygen atoms in total. The van der Waals surface area contributed by atoms with Gasteiger partial charge < -0.3 is 29.4 Å². The first-order valence-corrected chi connectivity index (χ1v) is 13.5. The predicted molar refractivity (Wildman–Crippen MR) is 155 cm³/mol. The van der Waals surface area contributed by atoms with Gasteiger partial charge in [-0.3, -0.25) is 4.79 Å². The zero-order chi connectivity index (χ0) is 28.5. The number of amides is 1. The Hall–Kier alpha value is -4.41. The van der Waals surface area contributed by atoms with Crippen molar-refractivity contribution >= 4 is 28.6 Å². The largest absolute Gasteiger partial charge is 0.588 e. The van der Waals surface area contributed by atoms with Crippen molar-refractivity contribution in [2.24, 2.45) is 0 Å². The van der Waals surface area contributed by atoms with Crippen LogP contribution in [-0.2, 0) is 11.4 Å². The molecule has 0 bridgehead atoms. The summed E-state index contributed by atoms with van der Waals surface area (Å²) in [5.41, 5.74) is 2.61. The molecule has 1 unspecified atom stereocenters. The first kappa shape index (κ1) is 28.6. The molecule has 4 aromatic rings. The number of nitrogens with one attached hydrogen (secondary N) is 3. The third-order valence-corrected chi connectivity index (χ3v) is 7.15. The molecule has 0 aliphatic rings. The zero-order valence-electron chi connectivity index (χ0n) is 22.3. The Morgan fingerprint density at radius 1 is 0.800 bits per heavy atom. The number of hydrogen-bond acceptors (Lipinski definition) is 7. The molecule has 208 valence electrons. The standard InChI is InChI=1S/C30H30FN3O5S/c1-37-25-12-5-4-10-23(25)30(35)33-17-16-32-21-8-6-9-22(19-21)34-40(36)28-18-20(14-15-26(28)38-2)29-24(31)11-7-13-27(29)39-3/h4-15,18-19,32,34H,16-17H2,1-3H3,(H,33,35). The summed E-state index contributed by atoms with van der Waals surface area (Å²) in [7, 11) is 4.48. The molecular weight excluding hydrogens is 533 g/mol. The van der Waals surface area contributed by atoms with E-state index in [1.807, 2.05) is 12.1 Å². The molecule has 0 saturated heterocycles. The number of rotatable bonds is 12. The molecule has 10 heteroatoms. The van der Waals surface area contributed by atoms with Gasteiger partial charge in [0.1, 0.15) is 28.7 Å². The van der Waals surface area contributed by atoms with Crippen LogP contribution >= 0.6 is 0 Å². The predicted octanol–water partition coefficient (Wildman–Crippen LogP) is 5.50. The van der Waals surface area contributed by atoms with E-state index in [0.717, 1.165) is 5.69 Å². The Morgan fingerprint density at radius 2 is 1.50 bits per heavy atom. The van der Waals surface area contributed by atoms with Gasteiger partial charge >= 0.3 is 0 Å². The topological polar surface area (TPSA) is 104 Å². The van der Waals surface area contributed by atoms with Crippen LogP contribution in [0.5, 0.6) is 17.2 Å². The summed E-state index contributed by atoms with van der Waals surface area (Å²) in [6.07, 6.45) is 0. The molecule has 3 N–H and O–H groups in total. The van der Waals surface area contributed by atoms with Crippen molar-refractivity contribution in [3.8, 4) is 28.4 Å². The smallest absolute Gasteiger partial charge is 0.255 e. The van der Waals surface area contributed by atoms with Crippen LogP contribution in [0, 0.1) is 5.82 Å². The lowest BCUT2D eigenvalue weighted by molar-refractivity contribution is 0.0952. The van der Waals surface area contributed by atoms with Crippen molar-refractivity contribution in [3.05, 3.63) is 96.3 Å². The lowest BCUT2D eigenvalue weighted by Crippen LogP contribution is -2.29. The molecule has 0 aliphatic heterocycles. The van der Waals surface area contributed by atoms with Crippen LogP contribution in [0.4, 0.5) is 15.8 Å². The van der Waals surface area contributed by atoms with Crippen molar-refractivity contribution in [2.75, 3.05) is 44.5 Å². The molecule has 0 fully saturated rings. The second kappa shape index (κ2) is 13.6. The summed E-state index contributed by atoms with van der Waals surface area (Å²) in [4.78, 5) is 12.8. The highest BCUT2D eigenvalue weighted by Gasteiger charge is 2.22. The summed E-state index contributed by atoms with van der Waals surface area (Å²) in [5, 5.41) is 6.10. The molecule has 4 rings (SSSR count). The van der Waals surface area contributed by atoms with Crippen molar-refractivity contribution in [1.29, 1.82) is 0 Å². The average molecular weight is 564 g/mol. The highest BCUT2D eigenvalue weighted by molar-refractivity contribution is 7.92. The lowest BCUT2D eigenvalue weighted by atomic mass is 10.0. The van der Waals surface area contributed by atoms with Crippen LogP contribution in [0.3, 0.4) is 0 Å². The van der Waals surface area contributed by atoms with E-state index in [1.165, 1.54) is 27.4 Å². The van der Waals surface area contributed by atoms with Crippen molar-refractivity contribution < 1.29 is 27.9 Å². The molecule has 0 saturated carbocycles. The number of benzene rings is 4. The molecule has 0 aliphatic carbocycles. The van der Waals surface area contributed by atoms with Crippen molar-refractivity contribution in [2.45, 2.75) is 4.90 Å². The molecule has 0 aromatic heterocycles. The lowest BCUT2D eigenvalue weighted by Gasteiger charge is -2.17. The van der Waals surface area contributed by atoms with Gasteiger partial charge in [0.2, 0.25) is 4.90 Å². The van der Waals surface area contributed by atoms with Gasteiger partial charge in [-0.25, -0.2) is 9.11 Å². The summed E-state index contributed by atoms with van der Waals surface area (Å²) >= 11 is -1.73. The summed E-state index contributed by atoms with van der Waals surface area (Å²) in [5.74, 6) is 0.592. The Kier molecular flexibility index (Phi) is 9.71. The van der Waals surface area contributed by atoms with Crippen molar-refractivity contribution in [1.82, 2.24) is 5.32 Å². The minimum atomic E-state index is -1.73. The fourth-order valence-corrected chi connectivity index (χ4v) is 5.12. The summed E-state index contributed by atoms with van der Waals surface area (Å²) in [6.45, 7) is 0.845. The highest BCUT2D eigenvalue weighted by Crippen LogP contribution is 2.37. The number of halogens is 1. The third kappa shape index (κ3) is 6.77. The Bertz CT molecular complexity index is 1470. The Labute approximate surface area is 235 Å². The summed E-state index contributed by atoms with van der Waals surface area (Å²) < 4.78 is 47.0. The zero-order valence-corrected chi connectivity index (χ0v) is 23.1. The van der Waals surface area contributed by atoms with Crippen LogP contribution in [0.2, 0.25) is 0 Å². The molecular formula is C30H30FN3O5S. The molecule has 0 spiro atoms. The quantitative estimate of drug-likeness (QED) is 0.155. The van der Waals surface area contributed by atoms with Gasteiger partial charge in [-0.1, -0.05) is 30.3 Å². The van der Waals surface area contributed by atoms with Gasteiger partial charge in [0.25, 0.3) is 5.91 Å². The minimum Gasteiger partial charge on any atom is -0.588 e. The number of para-hydroxylation sites is 1. The monoisotopic (exact) mass is 563 g/mol. The maximum Gasteiger partial charge on any atom is 0.255 e.